The number of rotatable bonds is 5. The first-order chi connectivity index (χ1) is 9.66. The number of carboxylic acid groups (broad SMARTS) is 1. The molecule has 2 aromatic rings. The number of aromatic carboxylic acids is 1. The number of carboxylic acids is 1. The molecule has 2 rings (SSSR count). The van der Waals surface area contributed by atoms with Crippen LogP contribution in [0.1, 0.15) is 16.2 Å². The van der Waals surface area contributed by atoms with Gasteiger partial charge in [0.25, 0.3) is 0 Å². The van der Waals surface area contributed by atoms with Crippen LogP contribution in [0.25, 0.3) is 0 Å². The summed E-state index contributed by atoms with van der Waals surface area (Å²) in [5, 5.41) is 15.9. The van der Waals surface area contributed by atoms with E-state index in [1.54, 1.807) is 11.6 Å². The number of urea groups is 1. The van der Waals surface area contributed by atoms with Crippen molar-refractivity contribution in [1.82, 2.24) is 15.3 Å². The summed E-state index contributed by atoms with van der Waals surface area (Å²) in [6.07, 6.45) is 1.98. The van der Waals surface area contributed by atoms with Crippen molar-refractivity contribution in [2.75, 3.05) is 11.9 Å². The van der Waals surface area contributed by atoms with Crippen LogP contribution in [0.4, 0.5) is 10.5 Å². The summed E-state index contributed by atoms with van der Waals surface area (Å²) in [6.45, 7) is 0.415. The van der Waals surface area contributed by atoms with Crippen LogP contribution in [-0.4, -0.2) is 33.6 Å². The topological polar surface area (TPSA) is 104 Å². The molecule has 0 radical (unpaired) electrons. The molecule has 2 heterocycles. The van der Waals surface area contributed by atoms with E-state index in [4.69, 9.17) is 5.11 Å². The fourth-order valence-corrected chi connectivity index (χ4v) is 2.10. The van der Waals surface area contributed by atoms with E-state index in [1.807, 2.05) is 5.38 Å². The van der Waals surface area contributed by atoms with Gasteiger partial charge in [-0.25, -0.2) is 19.6 Å². The number of amides is 2. The molecule has 8 heteroatoms. The number of carbonyl (C=O) groups is 2. The zero-order valence-corrected chi connectivity index (χ0v) is 11.2. The van der Waals surface area contributed by atoms with E-state index in [-0.39, 0.29) is 11.4 Å². The molecule has 0 unspecified atom stereocenters. The molecule has 0 atom stereocenters. The molecule has 20 heavy (non-hydrogen) atoms. The molecule has 0 aliphatic heterocycles. The number of thiazole rings is 1. The molecule has 0 aliphatic rings. The molecule has 0 saturated carbocycles. The van der Waals surface area contributed by atoms with Crippen molar-refractivity contribution in [2.24, 2.45) is 0 Å². The average Bonchev–Trinajstić information content (AvgIpc) is 2.92. The molecule has 2 aromatic heterocycles. The first-order valence-corrected chi connectivity index (χ1v) is 6.71. The molecule has 0 aliphatic carbocycles. The molecular weight excluding hydrogens is 280 g/mol. The van der Waals surface area contributed by atoms with Crippen LogP contribution in [-0.2, 0) is 6.42 Å². The zero-order valence-electron chi connectivity index (χ0n) is 10.4. The highest BCUT2D eigenvalue weighted by atomic mass is 32.1. The van der Waals surface area contributed by atoms with Crippen LogP contribution >= 0.6 is 11.3 Å². The Morgan fingerprint density at radius 1 is 1.35 bits per heavy atom. The lowest BCUT2D eigenvalue weighted by atomic mass is 10.3. The van der Waals surface area contributed by atoms with Crippen LogP contribution in [0.3, 0.4) is 0 Å². The van der Waals surface area contributed by atoms with Crippen LogP contribution in [0.5, 0.6) is 0 Å². The number of hydrogen-bond acceptors (Lipinski definition) is 5. The maximum atomic E-state index is 11.7. The van der Waals surface area contributed by atoms with Gasteiger partial charge in [-0.3, -0.25) is 0 Å². The SMILES string of the molecule is O=C(NCCc1cscn1)Nc1cccnc1C(=O)O. The molecule has 104 valence electrons. The van der Waals surface area contributed by atoms with Crippen molar-refractivity contribution >= 4 is 29.0 Å². The van der Waals surface area contributed by atoms with E-state index in [9.17, 15) is 9.59 Å². The van der Waals surface area contributed by atoms with Gasteiger partial charge in [-0.15, -0.1) is 11.3 Å². The van der Waals surface area contributed by atoms with Gasteiger partial charge in [-0.1, -0.05) is 0 Å². The second kappa shape index (κ2) is 6.62. The number of anilines is 1. The number of carbonyl (C=O) groups excluding carboxylic acids is 1. The lowest BCUT2D eigenvalue weighted by Gasteiger charge is -2.08. The minimum absolute atomic E-state index is 0.158. The minimum atomic E-state index is -1.19. The highest BCUT2D eigenvalue weighted by Gasteiger charge is 2.12. The Morgan fingerprint density at radius 3 is 2.90 bits per heavy atom. The summed E-state index contributed by atoms with van der Waals surface area (Å²) in [4.78, 5) is 30.4. The first kappa shape index (κ1) is 13.9. The lowest BCUT2D eigenvalue weighted by Crippen LogP contribution is -2.31. The standard InChI is InChI=1S/C12H12N4O3S/c17-11(18)10-9(2-1-4-13-10)16-12(19)14-5-3-8-6-20-7-15-8/h1-2,4,6-7H,3,5H2,(H,17,18)(H2,14,16,19). The minimum Gasteiger partial charge on any atom is -0.476 e. The Kier molecular flexibility index (Phi) is 4.61. The molecule has 0 bridgehead atoms. The zero-order chi connectivity index (χ0) is 14.4. The molecule has 0 saturated heterocycles. The summed E-state index contributed by atoms with van der Waals surface area (Å²) in [6, 6.07) is 2.56. The molecule has 2 amide bonds. The summed E-state index contributed by atoms with van der Waals surface area (Å²) >= 11 is 1.49. The lowest BCUT2D eigenvalue weighted by molar-refractivity contribution is 0.0692. The number of pyridine rings is 1. The van der Waals surface area contributed by atoms with Gasteiger partial charge in [0.15, 0.2) is 5.69 Å². The largest absolute Gasteiger partial charge is 0.476 e. The molecule has 0 fully saturated rings. The Bertz CT molecular complexity index is 601. The maximum absolute atomic E-state index is 11.7. The van der Waals surface area contributed by atoms with Crippen LogP contribution in [0.2, 0.25) is 0 Å². The van der Waals surface area contributed by atoms with Crippen molar-refractivity contribution < 1.29 is 14.7 Å². The van der Waals surface area contributed by atoms with Gasteiger partial charge in [0.05, 0.1) is 16.9 Å². The van der Waals surface area contributed by atoms with Crippen molar-refractivity contribution in [3.63, 3.8) is 0 Å². The van der Waals surface area contributed by atoms with Gasteiger partial charge in [0, 0.05) is 24.5 Å². The van der Waals surface area contributed by atoms with Crippen molar-refractivity contribution in [1.29, 1.82) is 0 Å². The van der Waals surface area contributed by atoms with Crippen molar-refractivity contribution in [2.45, 2.75) is 6.42 Å². The highest BCUT2D eigenvalue weighted by Crippen LogP contribution is 2.11. The van der Waals surface area contributed by atoms with Gasteiger partial charge >= 0.3 is 12.0 Å². The predicted molar refractivity (Wildman–Crippen MR) is 74.0 cm³/mol. The Morgan fingerprint density at radius 2 is 2.20 bits per heavy atom. The summed E-state index contributed by atoms with van der Waals surface area (Å²) in [7, 11) is 0. The third kappa shape index (κ3) is 3.75. The summed E-state index contributed by atoms with van der Waals surface area (Å²) in [5.41, 5.74) is 2.60. The second-order valence-corrected chi connectivity index (χ2v) is 4.53. The smallest absolute Gasteiger partial charge is 0.356 e. The first-order valence-electron chi connectivity index (χ1n) is 5.77. The van der Waals surface area contributed by atoms with Gasteiger partial charge in [0.1, 0.15) is 0 Å². The van der Waals surface area contributed by atoms with E-state index in [0.29, 0.717) is 13.0 Å². The van der Waals surface area contributed by atoms with Crippen LogP contribution in [0.15, 0.2) is 29.2 Å². The summed E-state index contributed by atoms with van der Waals surface area (Å²) in [5.74, 6) is -1.19. The van der Waals surface area contributed by atoms with Crippen molar-refractivity contribution in [3.05, 3.63) is 40.6 Å². The Balaban J connectivity index is 1.87. The number of nitrogens with one attached hydrogen (secondary N) is 2. The number of aromatic nitrogens is 2. The van der Waals surface area contributed by atoms with Crippen LogP contribution in [0, 0.1) is 0 Å². The van der Waals surface area contributed by atoms with E-state index >= 15 is 0 Å². The van der Waals surface area contributed by atoms with Gasteiger partial charge in [-0.2, -0.15) is 0 Å². The predicted octanol–water partition coefficient (Wildman–Crippen LogP) is 1.60. The van der Waals surface area contributed by atoms with E-state index < -0.39 is 12.0 Å². The van der Waals surface area contributed by atoms with Gasteiger partial charge in [-0.05, 0) is 12.1 Å². The van der Waals surface area contributed by atoms with E-state index in [1.165, 1.54) is 23.6 Å². The van der Waals surface area contributed by atoms with Gasteiger partial charge < -0.3 is 15.7 Å². The maximum Gasteiger partial charge on any atom is 0.356 e. The third-order valence-electron chi connectivity index (χ3n) is 2.41. The monoisotopic (exact) mass is 292 g/mol. The van der Waals surface area contributed by atoms with E-state index in [0.717, 1.165) is 5.69 Å². The van der Waals surface area contributed by atoms with Crippen LogP contribution < -0.4 is 10.6 Å². The molecule has 0 aromatic carbocycles. The molecule has 7 nitrogen and oxygen atoms in total. The average molecular weight is 292 g/mol. The normalized spacial score (nSPS) is 10.0. The molecular formula is C12H12N4O3S. The Labute approximate surface area is 118 Å². The van der Waals surface area contributed by atoms with Gasteiger partial charge in [0.2, 0.25) is 0 Å². The Hall–Kier alpha value is -2.48. The number of hydrogen-bond donors (Lipinski definition) is 3. The third-order valence-corrected chi connectivity index (χ3v) is 3.04. The second-order valence-electron chi connectivity index (χ2n) is 3.82. The number of nitrogens with zero attached hydrogens (tertiary/aromatic N) is 2. The fraction of sp³-hybridized carbons (Fsp3) is 0.167. The highest BCUT2D eigenvalue weighted by molar-refractivity contribution is 7.07. The molecule has 3 N–H and O–H groups in total. The van der Waals surface area contributed by atoms with Crippen molar-refractivity contribution in [3.8, 4) is 0 Å². The fourth-order valence-electron chi connectivity index (χ4n) is 1.51. The van der Waals surface area contributed by atoms with E-state index in [2.05, 4.69) is 20.6 Å². The summed E-state index contributed by atoms with van der Waals surface area (Å²) < 4.78 is 0. The molecule has 0 spiro atoms. The quantitative estimate of drug-likeness (QED) is 0.776.